The molecule has 12 heteroatoms. The molecule has 8 nitrogen and oxygen atoms in total. The number of benzene rings is 3. The zero-order valence-electron chi connectivity index (χ0n) is 37.2. The number of aliphatic hydroxyl groups excluding tert-OH is 1. The van der Waals surface area contributed by atoms with Crippen LogP contribution in [0.3, 0.4) is 0 Å². The first-order valence-electron chi connectivity index (χ1n) is 21.3. The summed E-state index contributed by atoms with van der Waals surface area (Å²) in [6, 6.07) is 19.5. The van der Waals surface area contributed by atoms with Crippen LogP contribution < -0.4 is 10.2 Å². The van der Waals surface area contributed by atoms with Crippen LogP contribution in [0, 0.1) is 5.41 Å². The zero-order chi connectivity index (χ0) is 45.0. The van der Waals surface area contributed by atoms with E-state index in [1.165, 1.54) is 0 Å². The molecule has 2 unspecified atom stereocenters. The van der Waals surface area contributed by atoms with Gasteiger partial charge in [-0.3, -0.25) is 14.4 Å². The van der Waals surface area contributed by atoms with Crippen molar-refractivity contribution in [2.75, 3.05) is 21.7 Å². The fraction of sp³-hybridized carbons (Fsp3) is 0.400. The Morgan fingerprint density at radius 3 is 1.89 bits per heavy atom. The highest BCUT2D eigenvalue weighted by molar-refractivity contribution is 7.99. The lowest BCUT2D eigenvalue weighted by Gasteiger charge is -2.34. The number of hydrogen-bond acceptors (Lipinski definition) is 8. The van der Waals surface area contributed by atoms with Gasteiger partial charge in [0.25, 0.3) is 0 Å². The minimum Gasteiger partial charge on any atom is -0.506 e. The van der Waals surface area contributed by atoms with E-state index in [-0.39, 0.29) is 82.3 Å². The molecule has 2 aliphatic heterocycles. The topological polar surface area (TPSA) is 102 Å². The zero-order valence-corrected chi connectivity index (χ0v) is 40.3. The van der Waals surface area contributed by atoms with Gasteiger partial charge in [0.05, 0.1) is 22.5 Å². The highest BCUT2D eigenvalue weighted by Gasteiger charge is 2.49. The molecule has 1 saturated heterocycles. The summed E-state index contributed by atoms with van der Waals surface area (Å²) < 4.78 is 0. The van der Waals surface area contributed by atoms with Gasteiger partial charge in [-0.1, -0.05) is 50.9 Å². The van der Waals surface area contributed by atoms with E-state index in [2.05, 4.69) is 89.3 Å². The van der Waals surface area contributed by atoms with E-state index < -0.39 is 0 Å². The van der Waals surface area contributed by atoms with Crippen LogP contribution in [0.5, 0.6) is 0 Å². The molecule has 3 aromatic rings. The Hall–Kier alpha value is -4.22. The lowest BCUT2D eigenvalue weighted by Crippen LogP contribution is -2.42. The van der Waals surface area contributed by atoms with Crippen molar-refractivity contribution in [3.05, 3.63) is 122 Å². The number of hydrogen-bond donors (Lipinski definition) is 2. The lowest BCUT2D eigenvalue weighted by molar-refractivity contribution is -0.117. The number of anilines is 2. The molecule has 0 saturated carbocycles. The number of nitrogens with zero attached hydrogens (tertiary/aromatic N) is 3. The second kappa shape index (κ2) is 17.7. The summed E-state index contributed by atoms with van der Waals surface area (Å²) >= 11 is 15.3. The molecule has 2 atom stereocenters. The number of Topliss-reactive ketones (excluding diaryl/α,β-unsaturated/α-hetero) is 1. The number of aliphatic hydroxyl groups is 1. The van der Waals surface area contributed by atoms with Crippen LogP contribution in [0.2, 0.25) is 10.0 Å². The van der Waals surface area contributed by atoms with Crippen LogP contribution >= 0.6 is 46.7 Å². The fourth-order valence-corrected chi connectivity index (χ4v) is 11.1. The second-order valence-electron chi connectivity index (χ2n) is 18.2. The molecule has 2 heterocycles. The molecule has 1 fully saturated rings. The molecule has 0 aromatic heterocycles. The number of halogens is 2. The Morgan fingerprint density at radius 2 is 1.34 bits per heavy atom. The molecule has 2 N–H and O–H groups in total. The lowest BCUT2D eigenvalue weighted by atomic mass is 9.73. The molecule has 2 aliphatic carbocycles. The average molecular weight is 912 g/mol. The summed E-state index contributed by atoms with van der Waals surface area (Å²) in [6.07, 6.45) is 4.27. The molecule has 3 aromatic carbocycles. The first kappa shape index (κ1) is 45.8. The number of rotatable bonds is 12. The number of allylic oxidation sites excluding steroid dienone is 6. The molecule has 4 aliphatic rings. The second-order valence-corrected chi connectivity index (χ2v) is 21.4. The van der Waals surface area contributed by atoms with Gasteiger partial charge in [-0.15, -0.1) is 23.5 Å². The Bertz CT molecular complexity index is 2480. The van der Waals surface area contributed by atoms with E-state index in [9.17, 15) is 19.5 Å². The summed E-state index contributed by atoms with van der Waals surface area (Å²) in [5, 5.41) is 16.6. The fourth-order valence-electron chi connectivity index (χ4n) is 9.13. The molecular weight excluding hydrogens is 856 g/mol. The minimum absolute atomic E-state index is 0.116. The van der Waals surface area contributed by atoms with Gasteiger partial charge in [0, 0.05) is 102 Å². The minimum atomic E-state index is -0.368. The van der Waals surface area contributed by atoms with Crippen molar-refractivity contribution in [1.82, 2.24) is 4.90 Å². The number of carbonyl (C=O) groups excluding carboxylic acids is 3. The Labute approximate surface area is 385 Å². The first-order valence-corrected chi connectivity index (χ1v) is 24.1. The smallest absolute Gasteiger partial charge is 0.247 e. The Balaban J connectivity index is 1.29. The molecule has 62 heavy (non-hydrogen) atoms. The molecule has 2 amide bonds. The maximum Gasteiger partial charge on any atom is 0.247 e. The van der Waals surface area contributed by atoms with Crippen molar-refractivity contribution in [3.63, 3.8) is 0 Å². The Kier molecular flexibility index (Phi) is 13.1. The molecule has 0 spiro atoms. The van der Waals surface area contributed by atoms with Crippen LogP contribution in [0.1, 0.15) is 93.2 Å². The molecule has 0 radical (unpaired) electrons. The monoisotopic (exact) mass is 910 g/mol. The number of nitrogens with one attached hydrogen (secondary N) is 1. The van der Waals surface area contributed by atoms with Crippen LogP contribution in [0.4, 0.5) is 11.4 Å². The quantitative estimate of drug-likeness (QED) is 0.137. The standard InChI is InChI=1S/C50H56Cl2N4O4S2/c1-27(2)55-29(5)49(7,8)37-23-35(39(25-41(37)55)53-43(57)19-21-61-33-15-11-31(51)12-16-33)45-47(59)46(48(45)60)36-24-38-42(56(28(3)4)30(6)50(38,9)10)26-40(36)54-44(58)20-22-62-34-17-13-32(52)14-18-34/h11-18,23-30,59H,19-22H2,1-10H3,(H,53,57). The predicted octanol–water partition coefficient (Wildman–Crippen LogP) is 12.3. The van der Waals surface area contributed by atoms with E-state index in [1.807, 2.05) is 72.8 Å². The van der Waals surface area contributed by atoms with Crippen molar-refractivity contribution < 1.29 is 19.5 Å². The van der Waals surface area contributed by atoms with Crippen molar-refractivity contribution in [2.45, 2.75) is 121 Å². The van der Waals surface area contributed by atoms with E-state index in [4.69, 9.17) is 23.2 Å². The van der Waals surface area contributed by atoms with Gasteiger partial charge in [-0.05, 0) is 125 Å². The highest BCUT2D eigenvalue weighted by Crippen LogP contribution is 2.53. The van der Waals surface area contributed by atoms with Crippen molar-refractivity contribution in [1.29, 1.82) is 0 Å². The summed E-state index contributed by atoms with van der Waals surface area (Å²) in [4.78, 5) is 53.5. The van der Waals surface area contributed by atoms with Crippen LogP contribution in [-0.2, 0) is 19.8 Å². The Morgan fingerprint density at radius 1 is 0.790 bits per heavy atom. The van der Waals surface area contributed by atoms with Crippen molar-refractivity contribution >= 4 is 87.0 Å². The largest absolute Gasteiger partial charge is 0.506 e. The third kappa shape index (κ3) is 8.57. The number of thioether (sulfide) groups is 2. The van der Waals surface area contributed by atoms with Gasteiger partial charge in [0.15, 0.2) is 0 Å². The van der Waals surface area contributed by atoms with Gasteiger partial charge in [-0.25, -0.2) is 4.99 Å². The maximum absolute atomic E-state index is 14.8. The summed E-state index contributed by atoms with van der Waals surface area (Å²) in [5.74, 6) is -0.0367. The SMILES string of the molecule is CC(C)N1C2=CC(=NC(=O)CCSc3ccc(Cl)cc3)C(=C3C(=O)C(c4cc5c(cc4NC(=O)CCSc4ccc(Cl)cc4)N(C(C)C)C(C)C5(C)C)=C3O)C=C2C(C)(C)C1C. The van der Waals surface area contributed by atoms with E-state index >= 15 is 0 Å². The average Bonchev–Trinajstić information content (AvgIpc) is 3.52. The van der Waals surface area contributed by atoms with Crippen molar-refractivity contribution in [3.8, 4) is 0 Å². The van der Waals surface area contributed by atoms with Crippen molar-refractivity contribution in [2.24, 2.45) is 10.4 Å². The van der Waals surface area contributed by atoms with Gasteiger partial charge < -0.3 is 20.2 Å². The van der Waals surface area contributed by atoms with Gasteiger partial charge >= 0.3 is 0 Å². The number of ketones is 1. The molecule has 326 valence electrons. The first-order chi connectivity index (χ1) is 29.2. The van der Waals surface area contributed by atoms with Gasteiger partial charge in [-0.2, -0.15) is 0 Å². The third-order valence-corrected chi connectivity index (χ3v) is 15.6. The van der Waals surface area contributed by atoms with Crippen LogP contribution in [-0.4, -0.2) is 69.0 Å². The van der Waals surface area contributed by atoms with Crippen LogP contribution in [0.25, 0.3) is 5.57 Å². The van der Waals surface area contributed by atoms with E-state index in [0.717, 1.165) is 32.3 Å². The third-order valence-electron chi connectivity index (χ3n) is 13.0. The highest BCUT2D eigenvalue weighted by atomic mass is 35.5. The van der Waals surface area contributed by atoms with Gasteiger partial charge in [0.2, 0.25) is 17.6 Å². The number of carbonyl (C=O) groups is 3. The normalized spacial score (nSPS) is 22.0. The number of fused-ring (bicyclic) bond motifs is 2. The predicted molar refractivity (Wildman–Crippen MR) is 259 cm³/mol. The summed E-state index contributed by atoms with van der Waals surface area (Å²) in [5.41, 5.74) is 5.34. The summed E-state index contributed by atoms with van der Waals surface area (Å²) in [6.45, 7) is 21.7. The molecule has 7 rings (SSSR count). The molecular formula is C50H56Cl2N4O4S2. The number of likely N-dealkylation sites (tertiary alicyclic amines) is 1. The van der Waals surface area contributed by atoms with E-state index in [1.54, 1.807) is 23.5 Å². The van der Waals surface area contributed by atoms with Crippen LogP contribution in [0.15, 0.2) is 116 Å². The van der Waals surface area contributed by atoms with E-state index in [0.29, 0.717) is 44.1 Å². The van der Waals surface area contributed by atoms with Gasteiger partial charge in [0.1, 0.15) is 5.76 Å². The maximum atomic E-state index is 14.8. The molecule has 0 bridgehead atoms. The number of aliphatic imine (C=N–C) groups is 1. The summed E-state index contributed by atoms with van der Waals surface area (Å²) in [7, 11) is 0. The number of amides is 2.